The third-order valence-electron chi connectivity index (χ3n) is 3.36. The molecule has 1 N–H and O–H groups in total. The molecule has 0 saturated carbocycles. The standard InChI is InChI=1S/C16H19NO2/c1-3-4-5-9-13-12-8-6-7-10-14(12)16(19)15(13)17-11(2)18/h6-8,10H,3-5,9H2,1-2H3,(H,17,18,19). The van der Waals surface area contributed by atoms with E-state index in [1.807, 2.05) is 24.3 Å². The summed E-state index contributed by atoms with van der Waals surface area (Å²) in [6, 6.07) is 7.58. The Kier molecular flexibility index (Phi) is 4.15. The van der Waals surface area contributed by atoms with Crippen molar-refractivity contribution in [1.82, 2.24) is 5.32 Å². The van der Waals surface area contributed by atoms with E-state index >= 15 is 0 Å². The molecular weight excluding hydrogens is 238 g/mol. The Morgan fingerprint density at radius 3 is 2.47 bits per heavy atom. The van der Waals surface area contributed by atoms with Gasteiger partial charge in [0.05, 0.1) is 5.70 Å². The van der Waals surface area contributed by atoms with Gasteiger partial charge in [0, 0.05) is 12.5 Å². The number of ketones is 1. The molecule has 0 heterocycles. The number of hydrogen-bond acceptors (Lipinski definition) is 2. The average molecular weight is 257 g/mol. The van der Waals surface area contributed by atoms with Gasteiger partial charge in [-0.05, 0) is 24.0 Å². The first-order chi connectivity index (χ1) is 9.15. The van der Waals surface area contributed by atoms with Crippen LogP contribution in [0.25, 0.3) is 5.57 Å². The molecule has 0 spiro atoms. The molecule has 0 unspecified atom stereocenters. The molecule has 1 aromatic rings. The molecule has 0 aromatic heterocycles. The molecule has 2 rings (SSSR count). The third kappa shape index (κ3) is 2.75. The molecule has 0 bridgehead atoms. The van der Waals surface area contributed by atoms with Crippen molar-refractivity contribution in [2.24, 2.45) is 0 Å². The van der Waals surface area contributed by atoms with Gasteiger partial charge in [-0.25, -0.2) is 0 Å². The molecule has 1 aromatic carbocycles. The minimum absolute atomic E-state index is 0.0581. The van der Waals surface area contributed by atoms with Crippen LogP contribution in [0.3, 0.4) is 0 Å². The number of carbonyl (C=O) groups excluding carboxylic acids is 2. The highest BCUT2D eigenvalue weighted by Crippen LogP contribution is 2.34. The van der Waals surface area contributed by atoms with E-state index in [0.717, 1.165) is 36.8 Å². The van der Waals surface area contributed by atoms with E-state index in [-0.39, 0.29) is 11.7 Å². The number of amides is 1. The van der Waals surface area contributed by atoms with Gasteiger partial charge in [0.15, 0.2) is 0 Å². The lowest BCUT2D eigenvalue weighted by Crippen LogP contribution is -2.23. The summed E-state index contributed by atoms with van der Waals surface area (Å²) in [5.41, 5.74) is 3.15. The van der Waals surface area contributed by atoms with Gasteiger partial charge in [0.2, 0.25) is 11.7 Å². The molecule has 1 amide bonds. The van der Waals surface area contributed by atoms with Crippen LogP contribution in [0.2, 0.25) is 0 Å². The van der Waals surface area contributed by atoms with Crippen molar-refractivity contribution in [3.63, 3.8) is 0 Å². The van der Waals surface area contributed by atoms with E-state index in [1.165, 1.54) is 6.92 Å². The number of carbonyl (C=O) groups is 2. The van der Waals surface area contributed by atoms with Crippen molar-refractivity contribution < 1.29 is 9.59 Å². The number of unbranched alkanes of at least 4 members (excludes halogenated alkanes) is 2. The van der Waals surface area contributed by atoms with Crippen LogP contribution >= 0.6 is 0 Å². The molecule has 1 aliphatic carbocycles. The van der Waals surface area contributed by atoms with Gasteiger partial charge in [-0.1, -0.05) is 44.0 Å². The Labute approximate surface area is 113 Å². The second kappa shape index (κ2) is 5.83. The highest BCUT2D eigenvalue weighted by atomic mass is 16.2. The Balaban J connectivity index is 2.35. The number of fused-ring (bicyclic) bond motifs is 1. The van der Waals surface area contributed by atoms with Crippen LogP contribution in [0.15, 0.2) is 30.0 Å². The van der Waals surface area contributed by atoms with Crippen LogP contribution in [0.5, 0.6) is 0 Å². The summed E-state index contributed by atoms with van der Waals surface area (Å²) < 4.78 is 0. The summed E-state index contributed by atoms with van der Waals surface area (Å²) >= 11 is 0. The lowest BCUT2D eigenvalue weighted by Gasteiger charge is -2.07. The highest BCUT2D eigenvalue weighted by Gasteiger charge is 2.29. The second-order valence-corrected chi connectivity index (χ2v) is 4.87. The van der Waals surface area contributed by atoms with Crippen LogP contribution in [-0.2, 0) is 4.79 Å². The largest absolute Gasteiger partial charge is 0.323 e. The topological polar surface area (TPSA) is 46.2 Å². The Hall–Kier alpha value is -1.90. The number of allylic oxidation sites excluding steroid dienone is 2. The molecule has 0 atom stereocenters. The molecule has 0 radical (unpaired) electrons. The fourth-order valence-electron chi connectivity index (χ4n) is 2.47. The summed E-state index contributed by atoms with van der Waals surface area (Å²) in [5, 5.41) is 2.71. The smallest absolute Gasteiger partial charge is 0.221 e. The summed E-state index contributed by atoms with van der Waals surface area (Å²) in [7, 11) is 0. The molecule has 0 fully saturated rings. The molecule has 100 valence electrons. The summed E-state index contributed by atoms with van der Waals surface area (Å²) in [6.07, 6.45) is 4.15. The van der Waals surface area contributed by atoms with Crippen LogP contribution in [0.4, 0.5) is 0 Å². The van der Waals surface area contributed by atoms with E-state index in [0.29, 0.717) is 11.3 Å². The maximum atomic E-state index is 12.3. The number of rotatable bonds is 5. The Morgan fingerprint density at radius 2 is 1.84 bits per heavy atom. The van der Waals surface area contributed by atoms with Crippen molar-refractivity contribution in [2.75, 3.05) is 0 Å². The average Bonchev–Trinajstić information content (AvgIpc) is 2.64. The van der Waals surface area contributed by atoms with E-state index in [2.05, 4.69) is 12.2 Å². The molecule has 0 saturated heterocycles. The lowest BCUT2D eigenvalue weighted by atomic mass is 10.0. The van der Waals surface area contributed by atoms with E-state index in [1.54, 1.807) is 0 Å². The van der Waals surface area contributed by atoms with Gasteiger partial charge in [0.25, 0.3) is 0 Å². The Morgan fingerprint density at radius 1 is 1.16 bits per heavy atom. The van der Waals surface area contributed by atoms with Crippen LogP contribution in [0, 0.1) is 0 Å². The predicted molar refractivity (Wildman–Crippen MR) is 75.7 cm³/mol. The number of nitrogens with one attached hydrogen (secondary N) is 1. The van der Waals surface area contributed by atoms with E-state index in [9.17, 15) is 9.59 Å². The second-order valence-electron chi connectivity index (χ2n) is 4.87. The van der Waals surface area contributed by atoms with Gasteiger partial charge in [-0.15, -0.1) is 0 Å². The van der Waals surface area contributed by atoms with Gasteiger partial charge in [-0.2, -0.15) is 0 Å². The van der Waals surface area contributed by atoms with Gasteiger partial charge in [-0.3, -0.25) is 9.59 Å². The molecule has 19 heavy (non-hydrogen) atoms. The highest BCUT2D eigenvalue weighted by molar-refractivity contribution is 6.21. The first-order valence-corrected chi connectivity index (χ1v) is 6.80. The maximum Gasteiger partial charge on any atom is 0.221 e. The molecule has 3 heteroatoms. The van der Waals surface area contributed by atoms with E-state index in [4.69, 9.17) is 0 Å². The van der Waals surface area contributed by atoms with Crippen molar-refractivity contribution in [3.05, 3.63) is 41.1 Å². The zero-order chi connectivity index (χ0) is 13.8. The predicted octanol–water partition coefficient (Wildman–Crippen LogP) is 3.31. The minimum Gasteiger partial charge on any atom is -0.323 e. The monoisotopic (exact) mass is 257 g/mol. The van der Waals surface area contributed by atoms with Crippen molar-refractivity contribution in [3.8, 4) is 0 Å². The fourth-order valence-corrected chi connectivity index (χ4v) is 2.47. The minimum atomic E-state index is -0.191. The van der Waals surface area contributed by atoms with Crippen molar-refractivity contribution in [1.29, 1.82) is 0 Å². The molecular formula is C16H19NO2. The maximum absolute atomic E-state index is 12.3. The first kappa shape index (κ1) is 13.5. The van der Waals surface area contributed by atoms with Crippen molar-refractivity contribution >= 4 is 17.3 Å². The quantitative estimate of drug-likeness (QED) is 0.822. The van der Waals surface area contributed by atoms with Gasteiger partial charge < -0.3 is 5.32 Å². The fraction of sp³-hybridized carbons (Fsp3) is 0.375. The summed E-state index contributed by atoms with van der Waals surface area (Å²) in [5.74, 6) is -0.249. The molecule has 1 aliphatic rings. The normalized spacial score (nSPS) is 13.7. The van der Waals surface area contributed by atoms with Gasteiger partial charge in [0.1, 0.15) is 0 Å². The lowest BCUT2D eigenvalue weighted by molar-refractivity contribution is -0.118. The van der Waals surface area contributed by atoms with Crippen LogP contribution in [0.1, 0.15) is 55.5 Å². The number of hydrogen-bond donors (Lipinski definition) is 1. The third-order valence-corrected chi connectivity index (χ3v) is 3.36. The molecule has 0 aliphatic heterocycles. The Bertz CT molecular complexity index is 543. The first-order valence-electron chi connectivity index (χ1n) is 6.80. The SMILES string of the molecule is CCCCCC1=C(NC(C)=O)C(=O)c2ccccc21. The van der Waals surface area contributed by atoms with Crippen molar-refractivity contribution in [2.45, 2.75) is 39.5 Å². The zero-order valence-corrected chi connectivity index (χ0v) is 11.5. The van der Waals surface area contributed by atoms with Crippen LogP contribution < -0.4 is 5.32 Å². The van der Waals surface area contributed by atoms with Gasteiger partial charge >= 0.3 is 0 Å². The number of benzene rings is 1. The van der Waals surface area contributed by atoms with E-state index < -0.39 is 0 Å². The summed E-state index contributed by atoms with van der Waals surface area (Å²) in [4.78, 5) is 23.6. The summed E-state index contributed by atoms with van der Waals surface area (Å²) in [6.45, 7) is 3.59. The zero-order valence-electron chi connectivity index (χ0n) is 11.5. The van der Waals surface area contributed by atoms with Crippen LogP contribution in [-0.4, -0.2) is 11.7 Å². The number of Topliss-reactive ketones (excluding diaryl/α,β-unsaturated/α-hetero) is 1. The molecule has 3 nitrogen and oxygen atoms in total.